The third kappa shape index (κ3) is 5.00. The number of methoxy groups -OCH3 is 1. The summed E-state index contributed by atoms with van der Waals surface area (Å²) in [6.07, 6.45) is 1.05. The molecule has 0 saturated carbocycles. The van der Waals surface area contributed by atoms with E-state index in [4.69, 9.17) is 9.15 Å². The first-order valence-electron chi connectivity index (χ1n) is 13.2. The van der Waals surface area contributed by atoms with Crippen LogP contribution in [0.4, 0.5) is 14.5 Å². The Labute approximate surface area is 250 Å². The standard InChI is InChI=1S/C31H25F2N5O5S/c1-34-31(39)27-21-14-19(17-7-10-22(33)20(13-17)29-35-23-11-12-26(42-3)36-30(23)37-29)24(38(2)44(4,40)41)15-25(21)43-28(27)16-5-8-18(32)9-6-16/h5-15H,1-4H3,(H,34,39)(H,35,36,37). The van der Waals surface area contributed by atoms with E-state index in [1.54, 1.807) is 18.2 Å². The predicted octanol–water partition coefficient (Wildman–Crippen LogP) is 5.75. The van der Waals surface area contributed by atoms with Crippen molar-refractivity contribution in [2.45, 2.75) is 0 Å². The van der Waals surface area contributed by atoms with Gasteiger partial charge < -0.3 is 19.5 Å². The van der Waals surface area contributed by atoms with Crippen LogP contribution in [0.1, 0.15) is 10.4 Å². The average molecular weight is 618 g/mol. The molecule has 0 saturated heterocycles. The predicted molar refractivity (Wildman–Crippen MR) is 163 cm³/mol. The minimum absolute atomic E-state index is 0.109. The number of amides is 1. The van der Waals surface area contributed by atoms with Gasteiger partial charge in [-0.3, -0.25) is 9.10 Å². The second-order valence-corrected chi connectivity index (χ2v) is 12.0. The number of ether oxygens (including phenoxy) is 1. The van der Waals surface area contributed by atoms with E-state index in [1.165, 1.54) is 69.7 Å². The Kier molecular flexibility index (Phi) is 7.04. The van der Waals surface area contributed by atoms with E-state index in [0.717, 1.165) is 10.6 Å². The van der Waals surface area contributed by atoms with Crippen LogP contribution in [-0.4, -0.2) is 56.7 Å². The molecule has 0 atom stereocenters. The lowest BCUT2D eigenvalue weighted by Crippen LogP contribution is -2.25. The number of imidazole rings is 1. The lowest BCUT2D eigenvalue weighted by molar-refractivity contribution is 0.0964. The summed E-state index contributed by atoms with van der Waals surface area (Å²) in [6.45, 7) is 0. The van der Waals surface area contributed by atoms with Crippen LogP contribution in [0.25, 0.3) is 56.0 Å². The van der Waals surface area contributed by atoms with Crippen molar-refractivity contribution < 1.29 is 31.1 Å². The summed E-state index contributed by atoms with van der Waals surface area (Å²) in [7, 11) is 0.550. The fraction of sp³-hybridized carbons (Fsp3) is 0.129. The summed E-state index contributed by atoms with van der Waals surface area (Å²) >= 11 is 0. The molecule has 224 valence electrons. The molecule has 0 fully saturated rings. The molecule has 0 radical (unpaired) electrons. The zero-order valence-electron chi connectivity index (χ0n) is 23.9. The van der Waals surface area contributed by atoms with Gasteiger partial charge in [-0.2, -0.15) is 4.98 Å². The zero-order chi connectivity index (χ0) is 31.3. The molecule has 10 nitrogen and oxygen atoms in total. The third-order valence-corrected chi connectivity index (χ3v) is 8.46. The van der Waals surface area contributed by atoms with E-state index in [-0.39, 0.29) is 34.0 Å². The Morgan fingerprint density at radius 2 is 1.70 bits per heavy atom. The minimum atomic E-state index is -3.77. The molecule has 3 heterocycles. The number of furan rings is 1. The van der Waals surface area contributed by atoms with Gasteiger partial charge in [0.25, 0.3) is 5.91 Å². The number of hydrogen-bond acceptors (Lipinski definition) is 7. The number of benzene rings is 3. The van der Waals surface area contributed by atoms with Crippen LogP contribution >= 0.6 is 0 Å². The molecular formula is C31H25F2N5O5S. The highest BCUT2D eigenvalue weighted by atomic mass is 32.2. The van der Waals surface area contributed by atoms with Crippen molar-refractivity contribution in [3.05, 3.63) is 83.9 Å². The quantitative estimate of drug-likeness (QED) is 0.233. The highest BCUT2D eigenvalue weighted by molar-refractivity contribution is 7.92. The molecule has 0 aliphatic rings. The van der Waals surface area contributed by atoms with Gasteiger partial charge in [0.1, 0.15) is 28.8 Å². The first kappa shape index (κ1) is 28.8. The molecule has 44 heavy (non-hydrogen) atoms. The average Bonchev–Trinajstić information content (AvgIpc) is 3.60. The van der Waals surface area contributed by atoms with Crippen LogP contribution in [0.5, 0.6) is 5.88 Å². The number of aromatic amines is 1. The summed E-state index contributed by atoms with van der Waals surface area (Å²) in [6, 6.07) is 16.2. The molecule has 0 spiro atoms. The molecule has 2 N–H and O–H groups in total. The number of aromatic nitrogens is 3. The Morgan fingerprint density at radius 3 is 2.39 bits per heavy atom. The summed E-state index contributed by atoms with van der Waals surface area (Å²) in [4.78, 5) is 24.9. The number of rotatable bonds is 7. The van der Waals surface area contributed by atoms with Crippen molar-refractivity contribution in [3.63, 3.8) is 0 Å². The monoisotopic (exact) mass is 617 g/mol. The normalized spacial score (nSPS) is 11.7. The first-order valence-corrected chi connectivity index (χ1v) is 15.1. The van der Waals surface area contributed by atoms with Gasteiger partial charge in [0.2, 0.25) is 15.9 Å². The van der Waals surface area contributed by atoms with Crippen LogP contribution in [0.2, 0.25) is 0 Å². The lowest BCUT2D eigenvalue weighted by Gasteiger charge is -2.21. The van der Waals surface area contributed by atoms with Gasteiger partial charge in [0.15, 0.2) is 5.65 Å². The number of fused-ring (bicyclic) bond motifs is 2. The number of pyridine rings is 1. The summed E-state index contributed by atoms with van der Waals surface area (Å²) in [5.41, 5.74) is 2.86. The maximum atomic E-state index is 15.3. The van der Waals surface area contributed by atoms with E-state index in [2.05, 4.69) is 20.3 Å². The number of carbonyl (C=O) groups excluding carboxylic acids is 1. The van der Waals surface area contributed by atoms with Gasteiger partial charge in [0.05, 0.1) is 35.7 Å². The van der Waals surface area contributed by atoms with Crippen LogP contribution in [0.3, 0.4) is 0 Å². The highest BCUT2D eigenvalue weighted by Crippen LogP contribution is 2.42. The molecule has 13 heteroatoms. The van der Waals surface area contributed by atoms with Gasteiger partial charge >= 0.3 is 0 Å². The molecule has 3 aromatic carbocycles. The molecule has 1 amide bonds. The molecule has 0 aliphatic carbocycles. The smallest absolute Gasteiger partial charge is 0.255 e. The number of hydrogen-bond donors (Lipinski definition) is 2. The summed E-state index contributed by atoms with van der Waals surface area (Å²) in [5, 5.41) is 2.98. The van der Waals surface area contributed by atoms with E-state index in [9.17, 15) is 17.6 Å². The number of carbonyl (C=O) groups is 1. The number of anilines is 1. The maximum absolute atomic E-state index is 15.3. The highest BCUT2D eigenvalue weighted by Gasteiger charge is 2.26. The maximum Gasteiger partial charge on any atom is 0.255 e. The zero-order valence-corrected chi connectivity index (χ0v) is 24.7. The molecule has 0 bridgehead atoms. The van der Waals surface area contributed by atoms with E-state index in [1.807, 2.05) is 0 Å². The Balaban J connectivity index is 1.61. The Morgan fingerprint density at radius 1 is 0.977 bits per heavy atom. The molecule has 3 aromatic heterocycles. The van der Waals surface area contributed by atoms with E-state index < -0.39 is 27.6 Å². The second kappa shape index (κ2) is 10.8. The topological polar surface area (TPSA) is 130 Å². The SMILES string of the molecule is CNC(=O)c1c(-c2ccc(F)cc2)oc2cc(N(C)S(C)(=O)=O)c(-c3ccc(F)c(-c4nc5nc(OC)ccc5[nH]4)c3)cc12. The number of sulfonamides is 1. The number of nitrogens with one attached hydrogen (secondary N) is 2. The lowest BCUT2D eigenvalue weighted by atomic mass is 9.97. The van der Waals surface area contributed by atoms with Gasteiger partial charge in [-0.05, 0) is 54.1 Å². The molecule has 0 aliphatic heterocycles. The molecule has 0 unspecified atom stereocenters. The number of H-pyrrole nitrogens is 1. The van der Waals surface area contributed by atoms with Crippen molar-refractivity contribution >= 4 is 43.8 Å². The van der Waals surface area contributed by atoms with Crippen molar-refractivity contribution in [1.29, 1.82) is 0 Å². The summed E-state index contributed by atoms with van der Waals surface area (Å²) < 4.78 is 66.8. The molecule has 6 aromatic rings. The van der Waals surface area contributed by atoms with Crippen molar-refractivity contribution in [1.82, 2.24) is 20.3 Å². The molecular weight excluding hydrogens is 592 g/mol. The number of halogens is 2. The largest absolute Gasteiger partial charge is 0.481 e. The van der Waals surface area contributed by atoms with Crippen molar-refractivity contribution in [2.75, 3.05) is 31.8 Å². The fourth-order valence-electron chi connectivity index (χ4n) is 4.95. The van der Waals surface area contributed by atoms with E-state index in [0.29, 0.717) is 39.1 Å². The van der Waals surface area contributed by atoms with Gasteiger partial charge in [-0.15, -0.1) is 0 Å². The summed E-state index contributed by atoms with van der Waals surface area (Å²) in [5.74, 6) is -0.785. The minimum Gasteiger partial charge on any atom is -0.481 e. The Bertz CT molecular complexity index is 2190. The van der Waals surface area contributed by atoms with Crippen LogP contribution in [-0.2, 0) is 10.0 Å². The van der Waals surface area contributed by atoms with Crippen LogP contribution in [0.15, 0.2) is 71.1 Å². The Hall–Kier alpha value is -5.30. The van der Waals surface area contributed by atoms with E-state index >= 15 is 4.39 Å². The van der Waals surface area contributed by atoms with Crippen molar-refractivity contribution in [3.8, 4) is 39.7 Å². The second-order valence-electron chi connectivity index (χ2n) is 9.99. The van der Waals surface area contributed by atoms with Crippen LogP contribution < -0.4 is 14.4 Å². The first-order chi connectivity index (χ1) is 21.0. The fourth-order valence-corrected chi connectivity index (χ4v) is 5.46. The van der Waals surface area contributed by atoms with Crippen LogP contribution in [0, 0.1) is 11.6 Å². The van der Waals surface area contributed by atoms with Crippen molar-refractivity contribution in [2.24, 2.45) is 0 Å². The third-order valence-electron chi connectivity index (χ3n) is 7.27. The van der Waals surface area contributed by atoms with Gasteiger partial charge in [-0.25, -0.2) is 22.2 Å². The van der Waals surface area contributed by atoms with Gasteiger partial charge in [0, 0.05) is 42.7 Å². The van der Waals surface area contributed by atoms with Gasteiger partial charge in [-0.1, -0.05) is 6.07 Å². The molecule has 6 rings (SSSR count). The number of nitrogens with zero attached hydrogens (tertiary/aromatic N) is 3.